The van der Waals surface area contributed by atoms with Crippen LogP contribution in [0.2, 0.25) is 0 Å². The molecule has 3 rings (SSSR count). The summed E-state index contributed by atoms with van der Waals surface area (Å²) in [4.78, 5) is 34.7. The van der Waals surface area contributed by atoms with Crippen LogP contribution in [0.5, 0.6) is 0 Å². The van der Waals surface area contributed by atoms with Gasteiger partial charge in [0.15, 0.2) is 5.65 Å². The maximum absolute atomic E-state index is 13.3. The number of fused-ring (bicyclic) bond motifs is 1. The number of rotatable bonds is 7. The first kappa shape index (κ1) is 21.0. The Morgan fingerprint density at radius 3 is 2.55 bits per heavy atom. The summed E-state index contributed by atoms with van der Waals surface area (Å²) in [5, 5.41) is 7.13. The normalized spacial score (nSPS) is 11.2. The molecule has 3 aromatic rings. The summed E-state index contributed by atoms with van der Waals surface area (Å²) in [6.45, 7) is 9.22. The average molecular weight is 414 g/mol. The fraction of sp³-hybridized carbons (Fsp3) is 0.429. The minimum absolute atomic E-state index is 0.0387. The smallest absolute Gasteiger partial charge is 0.254 e. The number of carbonyl (C=O) groups is 2. The number of pyridine rings is 1. The number of thiophene rings is 1. The summed E-state index contributed by atoms with van der Waals surface area (Å²) in [7, 11) is 1.66. The molecule has 0 saturated heterocycles. The maximum Gasteiger partial charge on any atom is 0.254 e. The molecule has 0 N–H and O–H groups in total. The zero-order valence-corrected chi connectivity index (χ0v) is 18.4. The second-order valence-corrected chi connectivity index (χ2v) is 8.13. The molecule has 3 aromatic heterocycles. The lowest BCUT2D eigenvalue weighted by molar-refractivity contribution is -0.131. The van der Waals surface area contributed by atoms with Gasteiger partial charge in [0, 0.05) is 26.2 Å². The van der Waals surface area contributed by atoms with E-state index in [-0.39, 0.29) is 24.4 Å². The van der Waals surface area contributed by atoms with Gasteiger partial charge in [-0.1, -0.05) is 6.07 Å². The first-order valence-corrected chi connectivity index (χ1v) is 10.7. The Labute approximate surface area is 174 Å². The van der Waals surface area contributed by atoms with Crippen LogP contribution in [0.25, 0.3) is 21.6 Å². The molecular weight excluding hydrogens is 386 g/mol. The molecule has 0 spiro atoms. The zero-order chi connectivity index (χ0) is 21.1. The standard InChI is InChI=1S/C21H27N5O2S/c1-6-25(7-2)19(27)13-24(5)21(28)15-11-17(18-9-8-10-29-18)23-20-16(15)12-22-26(20)14(3)4/h8-12,14H,6-7,13H2,1-5H3. The van der Waals surface area contributed by atoms with Gasteiger partial charge in [0.1, 0.15) is 0 Å². The van der Waals surface area contributed by atoms with Gasteiger partial charge in [0.2, 0.25) is 5.91 Å². The Balaban J connectivity index is 2.03. The van der Waals surface area contributed by atoms with Crippen molar-refractivity contribution in [2.75, 3.05) is 26.7 Å². The highest BCUT2D eigenvalue weighted by Crippen LogP contribution is 2.29. The quantitative estimate of drug-likeness (QED) is 0.592. The number of nitrogens with zero attached hydrogens (tertiary/aromatic N) is 5. The van der Waals surface area contributed by atoms with Crippen LogP contribution in [-0.2, 0) is 4.79 Å². The third-order valence-corrected chi connectivity index (χ3v) is 5.79. The van der Waals surface area contributed by atoms with Crippen molar-refractivity contribution in [1.29, 1.82) is 0 Å². The predicted molar refractivity (Wildman–Crippen MR) is 116 cm³/mol. The number of carbonyl (C=O) groups excluding carboxylic acids is 2. The number of hydrogen-bond acceptors (Lipinski definition) is 5. The lowest BCUT2D eigenvalue weighted by Crippen LogP contribution is -2.41. The molecule has 8 heteroatoms. The van der Waals surface area contributed by atoms with E-state index in [0.717, 1.165) is 10.6 Å². The summed E-state index contributed by atoms with van der Waals surface area (Å²) >= 11 is 1.57. The van der Waals surface area contributed by atoms with Crippen LogP contribution in [0.4, 0.5) is 0 Å². The van der Waals surface area contributed by atoms with Gasteiger partial charge in [-0.3, -0.25) is 9.59 Å². The van der Waals surface area contributed by atoms with Crippen molar-refractivity contribution in [2.45, 2.75) is 33.7 Å². The van der Waals surface area contributed by atoms with Gasteiger partial charge in [0.05, 0.1) is 34.3 Å². The van der Waals surface area contributed by atoms with E-state index in [9.17, 15) is 9.59 Å². The molecule has 0 aromatic carbocycles. The highest BCUT2D eigenvalue weighted by molar-refractivity contribution is 7.13. The largest absolute Gasteiger partial charge is 0.342 e. The SMILES string of the molecule is CCN(CC)C(=O)CN(C)C(=O)c1cc(-c2cccs2)nc2c1cnn2C(C)C. The molecule has 0 radical (unpaired) electrons. The fourth-order valence-corrected chi connectivity index (χ4v) is 3.97. The van der Waals surface area contributed by atoms with Gasteiger partial charge < -0.3 is 9.80 Å². The van der Waals surface area contributed by atoms with Crippen LogP contribution in [0.1, 0.15) is 44.1 Å². The van der Waals surface area contributed by atoms with E-state index >= 15 is 0 Å². The Bertz CT molecular complexity index is 1010. The molecule has 0 unspecified atom stereocenters. The summed E-state index contributed by atoms with van der Waals surface area (Å²) in [5.74, 6) is -0.272. The van der Waals surface area contributed by atoms with Gasteiger partial charge in [-0.2, -0.15) is 5.10 Å². The van der Waals surface area contributed by atoms with Gasteiger partial charge >= 0.3 is 0 Å². The predicted octanol–water partition coefficient (Wildman–Crippen LogP) is 3.68. The minimum atomic E-state index is -0.209. The van der Waals surface area contributed by atoms with E-state index in [1.807, 2.05) is 49.9 Å². The van der Waals surface area contributed by atoms with E-state index in [0.29, 0.717) is 29.7 Å². The van der Waals surface area contributed by atoms with Gasteiger partial charge in [-0.25, -0.2) is 9.67 Å². The molecule has 154 valence electrons. The van der Waals surface area contributed by atoms with E-state index < -0.39 is 0 Å². The monoisotopic (exact) mass is 413 g/mol. The van der Waals surface area contributed by atoms with E-state index in [4.69, 9.17) is 4.98 Å². The molecule has 2 amide bonds. The first-order chi connectivity index (χ1) is 13.9. The fourth-order valence-electron chi connectivity index (χ4n) is 3.28. The van der Waals surface area contributed by atoms with Crippen LogP contribution in [0.15, 0.2) is 29.8 Å². The molecule has 0 saturated carbocycles. The third kappa shape index (κ3) is 4.17. The molecule has 0 aliphatic rings. The summed E-state index contributed by atoms with van der Waals surface area (Å²) < 4.78 is 1.82. The summed E-state index contributed by atoms with van der Waals surface area (Å²) in [5.41, 5.74) is 1.93. The first-order valence-electron chi connectivity index (χ1n) is 9.82. The molecule has 0 atom stereocenters. The Morgan fingerprint density at radius 1 is 1.24 bits per heavy atom. The number of likely N-dealkylation sites (N-methyl/N-ethyl adjacent to an activating group) is 2. The van der Waals surface area contributed by atoms with E-state index in [1.165, 1.54) is 4.90 Å². The Morgan fingerprint density at radius 2 is 1.97 bits per heavy atom. The number of aromatic nitrogens is 3. The Hall–Kier alpha value is -2.74. The second-order valence-electron chi connectivity index (χ2n) is 7.18. The lowest BCUT2D eigenvalue weighted by Gasteiger charge is -2.23. The zero-order valence-electron chi connectivity index (χ0n) is 17.5. The topological polar surface area (TPSA) is 71.3 Å². The van der Waals surface area contributed by atoms with Gasteiger partial charge in [-0.15, -0.1) is 11.3 Å². The summed E-state index contributed by atoms with van der Waals surface area (Å²) in [6, 6.07) is 5.86. The van der Waals surface area contributed by atoms with E-state index in [2.05, 4.69) is 5.10 Å². The molecule has 3 heterocycles. The number of amides is 2. The highest BCUT2D eigenvalue weighted by Gasteiger charge is 2.23. The van der Waals surface area contributed by atoms with Gasteiger partial charge in [0.25, 0.3) is 5.91 Å². The maximum atomic E-state index is 13.3. The molecule has 29 heavy (non-hydrogen) atoms. The molecular formula is C21H27N5O2S. The van der Waals surface area contributed by atoms with Crippen LogP contribution in [0, 0.1) is 0 Å². The average Bonchev–Trinajstić information content (AvgIpc) is 3.37. The molecule has 0 bridgehead atoms. The van der Waals surface area contributed by atoms with Crippen molar-refractivity contribution >= 4 is 34.2 Å². The van der Waals surface area contributed by atoms with E-state index in [1.54, 1.807) is 35.5 Å². The van der Waals surface area contributed by atoms with Crippen molar-refractivity contribution < 1.29 is 9.59 Å². The highest BCUT2D eigenvalue weighted by atomic mass is 32.1. The summed E-state index contributed by atoms with van der Waals surface area (Å²) in [6.07, 6.45) is 1.69. The molecule has 0 aliphatic carbocycles. The van der Waals surface area contributed by atoms with Crippen LogP contribution < -0.4 is 0 Å². The van der Waals surface area contributed by atoms with Crippen molar-refractivity contribution in [3.05, 3.63) is 35.3 Å². The van der Waals surface area contributed by atoms with Crippen LogP contribution >= 0.6 is 11.3 Å². The minimum Gasteiger partial charge on any atom is -0.342 e. The van der Waals surface area contributed by atoms with Crippen molar-refractivity contribution in [3.8, 4) is 10.6 Å². The van der Waals surface area contributed by atoms with Crippen molar-refractivity contribution in [1.82, 2.24) is 24.6 Å². The van der Waals surface area contributed by atoms with Gasteiger partial charge in [-0.05, 0) is 45.2 Å². The second kappa shape index (κ2) is 8.73. The molecule has 0 aliphatic heterocycles. The third-order valence-electron chi connectivity index (χ3n) is 4.90. The van der Waals surface area contributed by atoms with Crippen LogP contribution in [0.3, 0.4) is 0 Å². The number of hydrogen-bond donors (Lipinski definition) is 0. The molecule has 7 nitrogen and oxygen atoms in total. The Kier molecular flexibility index (Phi) is 6.32. The molecule has 0 fully saturated rings. The van der Waals surface area contributed by atoms with Crippen molar-refractivity contribution in [3.63, 3.8) is 0 Å². The van der Waals surface area contributed by atoms with Crippen LogP contribution in [-0.4, -0.2) is 63.1 Å². The lowest BCUT2D eigenvalue weighted by atomic mass is 10.1. The van der Waals surface area contributed by atoms with Crippen molar-refractivity contribution in [2.24, 2.45) is 0 Å².